The maximum atomic E-state index is 10.6. The van der Waals surface area contributed by atoms with Gasteiger partial charge < -0.3 is 5.32 Å². The molecule has 1 aromatic rings. The summed E-state index contributed by atoms with van der Waals surface area (Å²) < 4.78 is 21.2. The van der Waals surface area contributed by atoms with Gasteiger partial charge in [-0.1, -0.05) is 0 Å². The highest BCUT2D eigenvalue weighted by atomic mass is 32.2. The number of anilines is 1. The third-order valence-electron chi connectivity index (χ3n) is 1.71. The molecule has 1 rings (SSSR count). The van der Waals surface area contributed by atoms with Gasteiger partial charge in [0, 0.05) is 6.54 Å². The molecule has 0 atom stereocenters. The standard InChI is InChI=1S/C8H14N4O2S/c1-7-3-4-8(12-11-7)10-5-2-6-15(9,13)14/h3-4H,2,5-6H2,1H3,(H,10,12)(H2,9,13,14). The monoisotopic (exact) mass is 230 g/mol. The van der Waals surface area contributed by atoms with Crippen LogP contribution in [0.15, 0.2) is 12.1 Å². The van der Waals surface area contributed by atoms with E-state index in [4.69, 9.17) is 5.14 Å². The first-order valence-electron chi connectivity index (χ1n) is 4.52. The van der Waals surface area contributed by atoms with Crippen LogP contribution in [0.3, 0.4) is 0 Å². The molecule has 0 unspecified atom stereocenters. The normalized spacial score (nSPS) is 11.3. The zero-order chi connectivity index (χ0) is 11.3. The van der Waals surface area contributed by atoms with Crippen molar-refractivity contribution in [1.82, 2.24) is 10.2 Å². The lowest BCUT2D eigenvalue weighted by Gasteiger charge is -2.03. The van der Waals surface area contributed by atoms with Crippen molar-refractivity contribution in [2.45, 2.75) is 13.3 Å². The molecule has 0 bridgehead atoms. The van der Waals surface area contributed by atoms with Crippen LogP contribution in [0.1, 0.15) is 12.1 Å². The van der Waals surface area contributed by atoms with Crippen molar-refractivity contribution >= 4 is 15.8 Å². The predicted octanol–water partition coefficient (Wildman–Crippen LogP) is -0.124. The second-order valence-electron chi connectivity index (χ2n) is 3.21. The second kappa shape index (κ2) is 5.04. The Balaban J connectivity index is 2.29. The molecule has 84 valence electrons. The van der Waals surface area contributed by atoms with Crippen LogP contribution in [0.5, 0.6) is 0 Å². The Bertz CT molecular complexity index is 401. The number of aromatic nitrogens is 2. The van der Waals surface area contributed by atoms with Gasteiger partial charge in [-0.05, 0) is 25.5 Å². The Morgan fingerprint density at radius 2 is 2.13 bits per heavy atom. The summed E-state index contributed by atoms with van der Waals surface area (Å²) in [6, 6.07) is 3.62. The highest BCUT2D eigenvalue weighted by Gasteiger charge is 2.01. The van der Waals surface area contributed by atoms with Crippen molar-refractivity contribution in [3.8, 4) is 0 Å². The molecule has 0 aliphatic rings. The minimum Gasteiger partial charge on any atom is -0.369 e. The number of nitrogens with one attached hydrogen (secondary N) is 1. The highest BCUT2D eigenvalue weighted by Crippen LogP contribution is 2.00. The summed E-state index contributed by atoms with van der Waals surface area (Å²) in [5, 5.41) is 15.5. The number of aryl methyl sites for hydroxylation is 1. The Kier molecular flexibility index (Phi) is 3.98. The molecule has 0 spiro atoms. The van der Waals surface area contributed by atoms with Crippen molar-refractivity contribution < 1.29 is 8.42 Å². The first kappa shape index (κ1) is 11.9. The van der Waals surface area contributed by atoms with Crippen LogP contribution in [0.25, 0.3) is 0 Å². The van der Waals surface area contributed by atoms with Crippen LogP contribution >= 0.6 is 0 Å². The van der Waals surface area contributed by atoms with E-state index in [9.17, 15) is 8.42 Å². The lowest BCUT2D eigenvalue weighted by molar-refractivity contribution is 0.595. The molecular weight excluding hydrogens is 216 g/mol. The van der Waals surface area contributed by atoms with Gasteiger partial charge in [0.25, 0.3) is 0 Å². The summed E-state index contributed by atoms with van der Waals surface area (Å²) in [5.74, 6) is 0.606. The topological polar surface area (TPSA) is 98.0 Å². The number of sulfonamides is 1. The Morgan fingerprint density at radius 3 is 2.67 bits per heavy atom. The molecule has 0 aliphatic heterocycles. The summed E-state index contributed by atoms with van der Waals surface area (Å²) in [5.41, 5.74) is 0.838. The first-order chi connectivity index (χ1) is 6.97. The summed E-state index contributed by atoms with van der Waals surface area (Å²) in [6.07, 6.45) is 0.453. The average molecular weight is 230 g/mol. The maximum Gasteiger partial charge on any atom is 0.209 e. The number of nitrogens with zero attached hydrogens (tertiary/aromatic N) is 2. The van der Waals surface area contributed by atoms with E-state index < -0.39 is 10.0 Å². The van der Waals surface area contributed by atoms with Crippen LogP contribution in [-0.2, 0) is 10.0 Å². The largest absolute Gasteiger partial charge is 0.369 e. The maximum absolute atomic E-state index is 10.6. The van der Waals surface area contributed by atoms with Gasteiger partial charge in [0.15, 0.2) is 0 Å². The molecule has 0 radical (unpaired) electrons. The second-order valence-corrected chi connectivity index (χ2v) is 4.94. The van der Waals surface area contributed by atoms with Gasteiger partial charge in [-0.15, -0.1) is 5.10 Å². The smallest absolute Gasteiger partial charge is 0.209 e. The molecule has 0 fully saturated rings. The molecule has 7 heteroatoms. The van der Waals surface area contributed by atoms with E-state index in [-0.39, 0.29) is 5.75 Å². The van der Waals surface area contributed by atoms with Crippen molar-refractivity contribution in [2.24, 2.45) is 5.14 Å². The Morgan fingerprint density at radius 1 is 1.40 bits per heavy atom. The van der Waals surface area contributed by atoms with E-state index in [2.05, 4.69) is 15.5 Å². The Labute approximate surface area is 88.9 Å². The highest BCUT2D eigenvalue weighted by molar-refractivity contribution is 7.89. The van der Waals surface area contributed by atoms with Crippen LogP contribution < -0.4 is 10.5 Å². The molecule has 0 saturated carbocycles. The number of hydrogen-bond acceptors (Lipinski definition) is 5. The fourth-order valence-corrected chi connectivity index (χ4v) is 1.53. The van der Waals surface area contributed by atoms with E-state index in [0.29, 0.717) is 18.8 Å². The SMILES string of the molecule is Cc1ccc(NCCCS(N)(=O)=O)nn1. The minimum absolute atomic E-state index is 0.0285. The number of nitrogens with two attached hydrogens (primary N) is 1. The molecule has 6 nitrogen and oxygen atoms in total. The molecule has 0 aromatic carbocycles. The van der Waals surface area contributed by atoms with Crippen LogP contribution in [0.4, 0.5) is 5.82 Å². The lowest BCUT2D eigenvalue weighted by Crippen LogP contribution is -2.18. The first-order valence-corrected chi connectivity index (χ1v) is 6.23. The zero-order valence-corrected chi connectivity index (χ0v) is 9.29. The summed E-state index contributed by atoms with van der Waals surface area (Å²) in [4.78, 5) is 0. The fourth-order valence-electron chi connectivity index (χ4n) is 0.983. The van der Waals surface area contributed by atoms with Crippen LogP contribution in [-0.4, -0.2) is 30.9 Å². The van der Waals surface area contributed by atoms with Crippen molar-refractivity contribution in [2.75, 3.05) is 17.6 Å². The number of rotatable bonds is 5. The van der Waals surface area contributed by atoms with E-state index in [1.807, 2.05) is 13.0 Å². The van der Waals surface area contributed by atoms with E-state index in [1.54, 1.807) is 6.07 Å². The summed E-state index contributed by atoms with van der Waals surface area (Å²) in [6.45, 7) is 2.35. The third kappa shape index (κ3) is 5.28. The lowest BCUT2D eigenvalue weighted by atomic mass is 10.4. The molecule has 3 N–H and O–H groups in total. The van der Waals surface area contributed by atoms with Crippen molar-refractivity contribution in [3.05, 3.63) is 17.8 Å². The molecular formula is C8H14N4O2S. The molecule has 0 aliphatic carbocycles. The quantitative estimate of drug-likeness (QED) is 0.687. The summed E-state index contributed by atoms with van der Waals surface area (Å²) in [7, 11) is -3.36. The van der Waals surface area contributed by atoms with Gasteiger partial charge >= 0.3 is 0 Å². The van der Waals surface area contributed by atoms with Crippen molar-refractivity contribution in [1.29, 1.82) is 0 Å². The minimum atomic E-state index is -3.36. The van der Waals surface area contributed by atoms with Gasteiger partial charge in [-0.3, -0.25) is 0 Å². The molecule has 1 heterocycles. The number of hydrogen-bond donors (Lipinski definition) is 2. The Hall–Kier alpha value is -1.21. The van der Waals surface area contributed by atoms with E-state index in [0.717, 1.165) is 5.69 Å². The van der Waals surface area contributed by atoms with Gasteiger partial charge in [0.1, 0.15) is 5.82 Å². The van der Waals surface area contributed by atoms with E-state index in [1.165, 1.54) is 0 Å². The molecule has 15 heavy (non-hydrogen) atoms. The van der Waals surface area contributed by atoms with Gasteiger partial charge in [0.2, 0.25) is 10.0 Å². The molecule has 0 amide bonds. The van der Waals surface area contributed by atoms with Gasteiger partial charge in [-0.2, -0.15) is 5.10 Å². The zero-order valence-electron chi connectivity index (χ0n) is 8.47. The molecule has 0 saturated heterocycles. The van der Waals surface area contributed by atoms with Crippen LogP contribution in [0.2, 0.25) is 0 Å². The average Bonchev–Trinajstić information content (AvgIpc) is 2.14. The predicted molar refractivity (Wildman–Crippen MR) is 57.8 cm³/mol. The molecule has 1 aromatic heterocycles. The number of primary sulfonamides is 1. The van der Waals surface area contributed by atoms with Gasteiger partial charge in [0.05, 0.1) is 11.4 Å². The summed E-state index contributed by atoms with van der Waals surface area (Å²) >= 11 is 0. The fraction of sp³-hybridized carbons (Fsp3) is 0.500. The van der Waals surface area contributed by atoms with Crippen LogP contribution in [0, 0.1) is 6.92 Å². The van der Waals surface area contributed by atoms with Crippen molar-refractivity contribution in [3.63, 3.8) is 0 Å². The van der Waals surface area contributed by atoms with Gasteiger partial charge in [-0.25, -0.2) is 13.6 Å². The van der Waals surface area contributed by atoms with E-state index >= 15 is 0 Å². The third-order valence-corrected chi connectivity index (χ3v) is 2.57.